The second kappa shape index (κ2) is 9.03. The van der Waals surface area contributed by atoms with Crippen LogP contribution in [0.2, 0.25) is 0 Å². The first kappa shape index (κ1) is 20.2. The van der Waals surface area contributed by atoms with Crippen molar-refractivity contribution in [2.24, 2.45) is 0 Å². The molecule has 3 N–H and O–H groups in total. The van der Waals surface area contributed by atoms with Gasteiger partial charge in [0.2, 0.25) is 0 Å². The summed E-state index contributed by atoms with van der Waals surface area (Å²) < 4.78 is 15.6. The topological polar surface area (TPSA) is 108 Å². The number of aromatic nitrogens is 2. The molecule has 0 saturated heterocycles. The van der Waals surface area contributed by atoms with Crippen molar-refractivity contribution in [1.29, 1.82) is 5.26 Å². The first-order valence-electron chi connectivity index (χ1n) is 8.98. The monoisotopic (exact) mass is 373 g/mol. The van der Waals surface area contributed by atoms with E-state index in [0.29, 0.717) is 25.1 Å². The minimum atomic E-state index is -0.601. The number of nitrogen functional groups attached to an aromatic ring is 1. The second-order valence-electron chi connectivity index (χ2n) is 6.34. The Bertz CT molecular complexity index is 958. The zero-order valence-electron chi connectivity index (χ0n) is 15.6. The van der Waals surface area contributed by atoms with E-state index in [1.165, 1.54) is 22.8 Å². The quantitative estimate of drug-likeness (QED) is 0.738. The summed E-state index contributed by atoms with van der Waals surface area (Å²) in [5.74, 6) is -0.396. The van der Waals surface area contributed by atoms with E-state index >= 15 is 0 Å². The maximum absolute atomic E-state index is 14.2. The van der Waals surface area contributed by atoms with Gasteiger partial charge in [-0.3, -0.25) is 14.3 Å². The Hall–Kier alpha value is -3.08. The van der Waals surface area contributed by atoms with E-state index in [4.69, 9.17) is 11.0 Å². The molecule has 0 amide bonds. The number of H-pyrrole nitrogens is 1. The standard InChI is InChI=1S/C19H24FN5O2/c1-3-5-9-25-17(22)16(18(26)23-19(25)27)24(8-4-2)12-14-10-13(11-21)6-7-15(14)20/h6-7,10H,3-5,8-9,12,22H2,1-2H3,(H,23,26,27). The molecular weight excluding hydrogens is 349 g/mol. The van der Waals surface area contributed by atoms with E-state index in [0.717, 1.165) is 12.8 Å². The highest BCUT2D eigenvalue weighted by molar-refractivity contribution is 5.62. The molecule has 1 aromatic heterocycles. The van der Waals surface area contributed by atoms with E-state index in [1.54, 1.807) is 4.90 Å². The third-order valence-corrected chi connectivity index (χ3v) is 4.30. The molecule has 0 spiro atoms. The molecule has 0 bridgehead atoms. The van der Waals surface area contributed by atoms with Gasteiger partial charge in [0.15, 0.2) is 0 Å². The largest absolute Gasteiger partial charge is 0.383 e. The molecule has 0 radical (unpaired) electrons. The van der Waals surface area contributed by atoms with Crippen LogP contribution in [0.25, 0.3) is 0 Å². The van der Waals surface area contributed by atoms with Crippen LogP contribution in [0.15, 0.2) is 27.8 Å². The van der Waals surface area contributed by atoms with Crippen LogP contribution in [0.5, 0.6) is 0 Å². The summed E-state index contributed by atoms with van der Waals surface area (Å²) in [6.45, 7) is 4.81. The third-order valence-electron chi connectivity index (χ3n) is 4.30. The van der Waals surface area contributed by atoms with Crippen molar-refractivity contribution in [3.63, 3.8) is 0 Å². The number of nitrogens with one attached hydrogen (secondary N) is 1. The van der Waals surface area contributed by atoms with Gasteiger partial charge in [-0.1, -0.05) is 20.3 Å². The highest BCUT2D eigenvalue weighted by atomic mass is 19.1. The Morgan fingerprint density at radius 3 is 2.67 bits per heavy atom. The number of nitrogens with zero attached hydrogens (tertiary/aromatic N) is 3. The van der Waals surface area contributed by atoms with Gasteiger partial charge in [-0.15, -0.1) is 0 Å². The molecule has 0 unspecified atom stereocenters. The summed E-state index contributed by atoms with van der Waals surface area (Å²) in [6, 6.07) is 6.06. The van der Waals surface area contributed by atoms with E-state index in [9.17, 15) is 14.0 Å². The van der Waals surface area contributed by atoms with Crippen LogP contribution < -0.4 is 21.9 Å². The molecule has 144 valence electrons. The number of rotatable bonds is 8. The molecule has 8 heteroatoms. The van der Waals surface area contributed by atoms with Gasteiger partial charge in [0.25, 0.3) is 5.56 Å². The Morgan fingerprint density at radius 1 is 1.30 bits per heavy atom. The lowest BCUT2D eigenvalue weighted by Gasteiger charge is -2.26. The molecule has 0 fully saturated rings. The van der Waals surface area contributed by atoms with Gasteiger partial charge in [0.05, 0.1) is 11.6 Å². The number of nitrogens with two attached hydrogens (primary N) is 1. The highest BCUT2D eigenvalue weighted by Gasteiger charge is 2.20. The lowest BCUT2D eigenvalue weighted by atomic mass is 10.1. The maximum atomic E-state index is 14.2. The molecular formula is C19H24FN5O2. The number of halogens is 1. The van der Waals surface area contributed by atoms with Gasteiger partial charge in [-0.05, 0) is 31.0 Å². The van der Waals surface area contributed by atoms with E-state index in [2.05, 4.69) is 4.98 Å². The Balaban J connectivity index is 2.52. The summed E-state index contributed by atoms with van der Waals surface area (Å²) in [6.07, 6.45) is 2.29. The molecule has 1 aromatic carbocycles. The molecule has 27 heavy (non-hydrogen) atoms. The number of hydrogen-bond donors (Lipinski definition) is 2. The van der Waals surface area contributed by atoms with Crippen LogP contribution >= 0.6 is 0 Å². The number of benzene rings is 1. The molecule has 0 aliphatic carbocycles. The summed E-state index contributed by atoms with van der Waals surface area (Å²) in [5.41, 5.74) is 5.77. The van der Waals surface area contributed by atoms with Crippen LogP contribution in [0.3, 0.4) is 0 Å². The van der Waals surface area contributed by atoms with Gasteiger partial charge in [-0.25, -0.2) is 9.18 Å². The average Bonchev–Trinajstić information content (AvgIpc) is 2.63. The number of aromatic amines is 1. The molecule has 0 atom stereocenters. The highest BCUT2D eigenvalue weighted by Crippen LogP contribution is 2.21. The Morgan fingerprint density at radius 2 is 2.04 bits per heavy atom. The Labute approximate surface area is 156 Å². The van der Waals surface area contributed by atoms with Crippen LogP contribution in [-0.4, -0.2) is 16.1 Å². The van der Waals surface area contributed by atoms with E-state index in [1.807, 2.05) is 19.9 Å². The lowest BCUT2D eigenvalue weighted by Crippen LogP contribution is -2.38. The smallest absolute Gasteiger partial charge is 0.330 e. The van der Waals surface area contributed by atoms with Crippen molar-refractivity contribution in [2.45, 2.75) is 46.2 Å². The van der Waals surface area contributed by atoms with Gasteiger partial charge >= 0.3 is 5.69 Å². The molecule has 0 aliphatic heterocycles. The number of anilines is 2. The molecule has 0 aliphatic rings. The normalized spacial score (nSPS) is 10.6. The van der Waals surface area contributed by atoms with Gasteiger partial charge < -0.3 is 10.6 Å². The van der Waals surface area contributed by atoms with Crippen LogP contribution in [-0.2, 0) is 13.1 Å². The number of hydrogen-bond acceptors (Lipinski definition) is 5. The predicted octanol–water partition coefficient (Wildman–Crippen LogP) is 2.35. The van der Waals surface area contributed by atoms with Crippen molar-refractivity contribution in [3.05, 3.63) is 56.0 Å². The van der Waals surface area contributed by atoms with Crippen molar-refractivity contribution in [1.82, 2.24) is 9.55 Å². The van der Waals surface area contributed by atoms with E-state index in [-0.39, 0.29) is 23.6 Å². The zero-order valence-corrected chi connectivity index (χ0v) is 15.6. The van der Waals surface area contributed by atoms with Gasteiger partial charge in [0.1, 0.15) is 17.3 Å². The summed E-state index contributed by atoms with van der Waals surface area (Å²) in [4.78, 5) is 28.5. The molecule has 2 aromatic rings. The van der Waals surface area contributed by atoms with Crippen LogP contribution in [0.4, 0.5) is 15.9 Å². The van der Waals surface area contributed by atoms with Crippen molar-refractivity contribution >= 4 is 11.5 Å². The molecule has 2 rings (SSSR count). The second-order valence-corrected chi connectivity index (χ2v) is 6.34. The zero-order chi connectivity index (χ0) is 20.0. The van der Waals surface area contributed by atoms with Gasteiger partial charge in [0, 0.05) is 25.2 Å². The number of nitriles is 1. The molecule has 0 saturated carbocycles. The molecule has 1 heterocycles. The average molecular weight is 373 g/mol. The fraction of sp³-hybridized carbons (Fsp3) is 0.421. The van der Waals surface area contributed by atoms with Crippen molar-refractivity contribution in [2.75, 3.05) is 17.2 Å². The summed E-state index contributed by atoms with van der Waals surface area (Å²) >= 11 is 0. The molecule has 7 nitrogen and oxygen atoms in total. The third kappa shape index (κ3) is 4.56. The SMILES string of the molecule is CCCCn1c(N)c(N(CCC)Cc2cc(C#N)ccc2F)c(=O)[nH]c1=O. The Kier molecular flexibility index (Phi) is 6.77. The van der Waals surface area contributed by atoms with Crippen LogP contribution in [0, 0.1) is 17.1 Å². The van der Waals surface area contributed by atoms with Crippen molar-refractivity contribution < 1.29 is 4.39 Å². The van der Waals surface area contributed by atoms with Crippen molar-refractivity contribution in [3.8, 4) is 6.07 Å². The lowest BCUT2D eigenvalue weighted by molar-refractivity contribution is 0.593. The maximum Gasteiger partial charge on any atom is 0.330 e. The first-order valence-corrected chi connectivity index (χ1v) is 8.98. The minimum Gasteiger partial charge on any atom is -0.383 e. The van der Waals surface area contributed by atoms with Crippen LogP contribution in [0.1, 0.15) is 44.2 Å². The fourth-order valence-electron chi connectivity index (χ4n) is 2.93. The van der Waals surface area contributed by atoms with E-state index < -0.39 is 17.1 Å². The minimum absolute atomic E-state index is 0.0639. The number of unbranched alkanes of at least 4 members (excludes halogenated alkanes) is 1. The summed E-state index contributed by atoms with van der Waals surface area (Å²) in [7, 11) is 0. The first-order chi connectivity index (χ1) is 12.9. The summed E-state index contributed by atoms with van der Waals surface area (Å²) in [5, 5.41) is 9.05. The predicted molar refractivity (Wildman–Crippen MR) is 103 cm³/mol. The fourth-order valence-corrected chi connectivity index (χ4v) is 2.93. The van der Waals surface area contributed by atoms with Gasteiger partial charge in [-0.2, -0.15) is 5.26 Å².